The lowest BCUT2D eigenvalue weighted by molar-refractivity contribution is -0.0467. The van der Waals surface area contributed by atoms with Crippen molar-refractivity contribution < 1.29 is 30.0 Å². The highest BCUT2D eigenvalue weighted by Gasteiger charge is 2.35. The van der Waals surface area contributed by atoms with E-state index >= 15 is 0 Å². The third-order valence-electron chi connectivity index (χ3n) is 3.12. The largest absolute Gasteiger partial charge is 0.478 e. The van der Waals surface area contributed by atoms with E-state index in [0.717, 1.165) is 0 Å². The molecule has 0 bridgehead atoms. The molecule has 0 aliphatic rings. The molecule has 1 rings (SSSR count). The number of carboxylic acids is 1. The van der Waals surface area contributed by atoms with E-state index in [4.69, 9.17) is 10.2 Å². The first-order valence-electron chi connectivity index (χ1n) is 8.52. The van der Waals surface area contributed by atoms with Crippen LogP contribution in [0.1, 0.15) is 53.9 Å². The summed E-state index contributed by atoms with van der Waals surface area (Å²) < 4.78 is 36.1. The molecule has 0 saturated heterocycles. The van der Waals surface area contributed by atoms with Crippen molar-refractivity contribution in [1.29, 1.82) is 0 Å². The number of hydrogen-bond donors (Lipinski definition) is 2. The molecule has 0 radical (unpaired) electrons. The molecule has 1 aromatic carbocycles. The molecule has 0 aliphatic carbocycles. The van der Waals surface area contributed by atoms with Crippen molar-refractivity contribution in [1.82, 2.24) is 0 Å². The molecular weight excluding hydrogens is 272 g/mol. The number of aliphatic hydroxyl groups is 1. The summed E-state index contributed by atoms with van der Waals surface area (Å²) in [7, 11) is 0. The van der Waals surface area contributed by atoms with Crippen molar-refractivity contribution in [3.8, 4) is 0 Å². The van der Waals surface area contributed by atoms with Crippen molar-refractivity contribution in [3.63, 3.8) is 0 Å². The van der Waals surface area contributed by atoms with Gasteiger partial charge in [0.2, 0.25) is 0 Å². The van der Waals surface area contributed by atoms with Gasteiger partial charge in [-0.25, -0.2) is 9.59 Å². The monoisotopic (exact) mass is 298 g/mol. The normalized spacial score (nSPS) is 15.7. The lowest BCUT2D eigenvalue weighted by Gasteiger charge is -2.35. The first kappa shape index (κ1) is 11.7. The van der Waals surface area contributed by atoms with Crippen molar-refractivity contribution in [3.05, 3.63) is 35.3 Å². The fourth-order valence-corrected chi connectivity index (χ4v) is 2.09. The Balaban J connectivity index is 3.50. The molecule has 0 aromatic heterocycles. The molecule has 116 valence electrons. The maximum atomic E-state index is 12.6. The zero-order valence-corrected chi connectivity index (χ0v) is 12.5. The summed E-state index contributed by atoms with van der Waals surface area (Å²) in [6, 6.07) is -3.05. The molecule has 0 amide bonds. The van der Waals surface area contributed by atoms with Crippen molar-refractivity contribution in [2.75, 3.05) is 6.61 Å². The van der Waals surface area contributed by atoms with Gasteiger partial charge in [0.05, 0.1) is 23.2 Å². The van der Waals surface area contributed by atoms with Gasteiger partial charge in [-0.1, -0.05) is 39.8 Å². The number of carboxylic acid groups (broad SMARTS) is 1. The highest BCUT2D eigenvalue weighted by Crippen LogP contribution is 2.29. The maximum Gasteiger partial charge on any atom is 0.339 e. The maximum absolute atomic E-state index is 12.6. The Bertz CT molecular complexity index is 701. The van der Waals surface area contributed by atoms with Crippen LogP contribution in [0.15, 0.2) is 24.2 Å². The van der Waals surface area contributed by atoms with Crippen molar-refractivity contribution in [2.24, 2.45) is 11.3 Å². The zero-order valence-electron chi connectivity index (χ0n) is 16.5. The van der Waals surface area contributed by atoms with Gasteiger partial charge >= 0.3 is 11.9 Å². The van der Waals surface area contributed by atoms with Gasteiger partial charge in [-0.2, -0.15) is 0 Å². The van der Waals surface area contributed by atoms with Gasteiger partial charge in [0.25, 0.3) is 0 Å². The first-order chi connectivity index (χ1) is 11.4. The molecule has 0 aliphatic heterocycles. The summed E-state index contributed by atoms with van der Waals surface area (Å²) in [6.45, 7) is 6.57. The van der Waals surface area contributed by atoms with Crippen LogP contribution < -0.4 is 0 Å². The van der Waals surface area contributed by atoms with Crippen LogP contribution in [0, 0.1) is 11.3 Å². The number of carbonyl (C=O) groups excluding carboxylic acids is 1. The van der Waals surface area contributed by atoms with Crippen LogP contribution in [-0.4, -0.2) is 34.9 Å². The van der Waals surface area contributed by atoms with Gasteiger partial charge in [0, 0.05) is 5.41 Å². The molecule has 5 heteroatoms. The summed E-state index contributed by atoms with van der Waals surface area (Å²) >= 11 is 0. The molecule has 1 atom stereocenters. The van der Waals surface area contributed by atoms with E-state index < -0.39 is 58.8 Å². The van der Waals surface area contributed by atoms with Gasteiger partial charge < -0.3 is 14.9 Å². The van der Waals surface area contributed by atoms with E-state index in [2.05, 4.69) is 0 Å². The fraction of sp³-hybridized carbons (Fsp3) is 0.500. The van der Waals surface area contributed by atoms with Crippen LogP contribution in [0.25, 0.3) is 0 Å². The Kier molecular flexibility index (Phi) is 3.76. The molecule has 5 nitrogen and oxygen atoms in total. The van der Waals surface area contributed by atoms with E-state index in [1.165, 1.54) is 0 Å². The minimum atomic E-state index is -1.65. The van der Waals surface area contributed by atoms with Gasteiger partial charge in [-0.05, 0) is 18.0 Å². The van der Waals surface area contributed by atoms with Crippen molar-refractivity contribution >= 4 is 11.9 Å². The number of rotatable bonds is 6. The Morgan fingerprint density at radius 1 is 1.29 bits per heavy atom. The Morgan fingerprint density at radius 2 is 1.81 bits per heavy atom. The summed E-state index contributed by atoms with van der Waals surface area (Å²) in [5, 5.41) is 18.8. The first-order valence-corrected chi connectivity index (χ1v) is 6.52. The van der Waals surface area contributed by atoms with Gasteiger partial charge in [-0.15, -0.1) is 0 Å². The molecule has 21 heavy (non-hydrogen) atoms. The van der Waals surface area contributed by atoms with E-state index in [-0.39, 0.29) is 12.5 Å². The van der Waals surface area contributed by atoms with Crippen LogP contribution >= 0.6 is 0 Å². The number of benzene rings is 1. The zero-order chi connectivity index (χ0) is 19.7. The second kappa shape index (κ2) is 6.72. The number of carbonyl (C=O) groups is 2. The molecule has 1 unspecified atom stereocenters. The van der Waals surface area contributed by atoms with Gasteiger partial charge in [-0.3, -0.25) is 0 Å². The summed E-state index contributed by atoms with van der Waals surface area (Å²) in [4.78, 5) is 24.0. The van der Waals surface area contributed by atoms with Gasteiger partial charge in [0.1, 0.15) is 6.10 Å². The summed E-state index contributed by atoms with van der Waals surface area (Å²) in [5.74, 6) is -3.03. The predicted octanol–water partition coefficient (Wildman–Crippen LogP) is 2.58. The number of hydrogen-bond acceptors (Lipinski definition) is 4. The lowest BCUT2D eigenvalue weighted by Crippen LogP contribution is -2.40. The van der Waals surface area contributed by atoms with E-state index in [1.54, 1.807) is 27.7 Å². The molecule has 2 N–H and O–H groups in total. The number of aromatic carboxylic acids is 1. The van der Waals surface area contributed by atoms with E-state index in [1.807, 2.05) is 0 Å². The third-order valence-corrected chi connectivity index (χ3v) is 3.12. The number of aliphatic hydroxyl groups excluding tert-OH is 1. The fourth-order valence-electron chi connectivity index (χ4n) is 2.09. The molecule has 1 aromatic rings. The average molecular weight is 298 g/mol. The summed E-state index contributed by atoms with van der Waals surface area (Å²) in [6.07, 6.45) is -0.787. The Hall–Kier alpha value is -1.88. The molecule has 0 saturated carbocycles. The van der Waals surface area contributed by atoms with Crippen LogP contribution in [0.3, 0.4) is 0 Å². The summed E-state index contributed by atoms with van der Waals surface area (Å²) in [5.41, 5.74) is -2.38. The van der Waals surface area contributed by atoms with Crippen molar-refractivity contribution in [2.45, 2.75) is 33.8 Å². The molecular formula is C16H22O5. The van der Waals surface area contributed by atoms with Gasteiger partial charge in [0.15, 0.2) is 0 Å². The lowest BCUT2D eigenvalue weighted by atomic mass is 9.81. The van der Waals surface area contributed by atoms with E-state index in [0.29, 0.717) is 0 Å². The quantitative estimate of drug-likeness (QED) is 0.789. The third kappa shape index (κ3) is 4.04. The highest BCUT2D eigenvalue weighted by molar-refractivity contribution is 6.02. The standard InChI is InChI=1S/C16H22O5/c1-10(2)13(16(3,4)9-17)21-15(20)12-8-6-5-7-11(12)14(18)19/h5-8,10,13,17H,9H2,1-4H3,(H,18,19)/i5D,6D,7D,8D. The Morgan fingerprint density at radius 3 is 2.24 bits per heavy atom. The smallest absolute Gasteiger partial charge is 0.339 e. The predicted molar refractivity (Wildman–Crippen MR) is 78.3 cm³/mol. The number of esters is 1. The minimum Gasteiger partial charge on any atom is -0.478 e. The molecule has 0 heterocycles. The second-order valence-corrected chi connectivity index (χ2v) is 5.77. The van der Waals surface area contributed by atoms with Crippen LogP contribution in [0.4, 0.5) is 0 Å². The average Bonchev–Trinajstić information content (AvgIpc) is 2.52. The SMILES string of the molecule is [2H]c1c([2H])c([2H])c(C(=O)OC(C(C)C)C(C)(C)CO)c(C(=O)O)c1[2H]. The molecule has 0 fully saturated rings. The highest BCUT2D eigenvalue weighted by atomic mass is 16.5. The minimum absolute atomic E-state index is 0.213. The van der Waals surface area contributed by atoms with Crippen LogP contribution in [-0.2, 0) is 4.74 Å². The Labute approximate surface area is 130 Å². The van der Waals surface area contributed by atoms with Crippen LogP contribution in [0.5, 0.6) is 0 Å². The number of ether oxygens (including phenoxy) is 1. The van der Waals surface area contributed by atoms with Crippen LogP contribution in [0.2, 0.25) is 0 Å². The molecule has 0 spiro atoms. The van der Waals surface area contributed by atoms with E-state index in [9.17, 15) is 19.8 Å². The second-order valence-electron chi connectivity index (χ2n) is 5.77. The topological polar surface area (TPSA) is 83.8 Å².